The average Bonchev–Trinajstić information content (AvgIpc) is 2.83. The van der Waals surface area contributed by atoms with Crippen LogP contribution >= 0.6 is 0 Å². The van der Waals surface area contributed by atoms with Crippen LogP contribution in [0.2, 0.25) is 0 Å². The van der Waals surface area contributed by atoms with Crippen LogP contribution in [0.1, 0.15) is 18.4 Å². The fourth-order valence-electron chi connectivity index (χ4n) is 1.92. The maximum absolute atomic E-state index is 9.95. The number of nitrogens with zero attached hydrogens (tertiary/aromatic N) is 1. The lowest BCUT2D eigenvalue weighted by Gasteiger charge is -2.10. The third-order valence-electron chi connectivity index (χ3n) is 3.03. The van der Waals surface area contributed by atoms with E-state index in [9.17, 15) is 5.11 Å². The molecule has 1 N–H and O–H groups in total. The van der Waals surface area contributed by atoms with Gasteiger partial charge in [0.15, 0.2) is 0 Å². The fourth-order valence-corrected chi connectivity index (χ4v) is 1.92. The molecule has 0 aliphatic heterocycles. The van der Waals surface area contributed by atoms with Gasteiger partial charge in [-0.15, -0.1) is 0 Å². The van der Waals surface area contributed by atoms with Crippen molar-refractivity contribution in [2.24, 2.45) is 0 Å². The molecule has 3 rings (SSSR count). The average molecular weight is 215 g/mol. The van der Waals surface area contributed by atoms with E-state index in [2.05, 4.69) is 4.98 Å². The van der Waals surface area contributed by atoms with Gasteiger partial charge in [-0.05, 0) is 24.5 Å². The molecule has 1 heterocycles. The van der Waals surface area contributed by atoms with Crippen LogP contribution in [0.3, 0.4) is 0 Å². The Bertz CT molecular complexity index is 486. The molecule has 0 spiro atoms. The van der Waals surface area contributed by atoms with E-state index < -0.39 is 5.60 Å². The van der Waals surface area contributed by atoms with Gasteiger partial charge in [-0.25, -0.2) is 4.98 Å². The van der Waals surface area contributed by atoms with E-state index >= 15 is 0 Å². The normalized spacial score (nSPS) is 17.3. The smallest absolute Gasteiger partial charge is 0.226 e. The predicted octanol–water partition coefficient (Wildman–Crippen LogP) is 2.41. The van der Waals surface area contributed by atoms with E-state index in [0.29, 0.717) is 12.3 Å². The van der Waals surface area contributed by atoms with Gasteiger partial charge in [0, 0.05) is 12.0 Å². The number of hydrogen-bond acceptors (Lipinski definition) is 3. The van der Waals surface area contributed by atoms with E-state index in [1.54, 1.807) is 12.5 Å². The lowest BCUT2D eigenvalue weighted by Crippen LogP contribution is -2.11. The first kappa shape index (κ1) is 9.60. The van der Waals surface area contributed by atoms with Crippen molar-refractivity contribution in [2.45, 2.75) is 24.9 Å². The predicted molar refractivity (Wildman–Crippen MR) is 59.8 cm³/mol. The summed E-state index contributed by atoms with van der Waals surface area (Å²) in [5.41, 5.74) is 1.60. The highest BCUT2D eigenvalue weighted by atomic mass is 16.3. The molecule has 1 aromatic heterocycles. The second-order valence-electron chi connectivity index (χ2n) is 4.40. The second-order valence-corrected chi connectivity index (χ2v) is 4.40. The molecule has 0 saturated heterocycles. The Kier molecular flexibility index (Phi) is 2.07. The van der Waals surface area contributed by atoms with Crippen LogP contribution in [0.4, 0.5) is 0 Å². The van der Waals surface area contributed by atoms with Gasteiger partial charge in [-0.1, -0.05) is 18.2 Å². The van der Waals surface area contributed by atoms with Gasteiger partial charge in [0.2, 0.25) is 5.89 Å². The zero-order valence-corrected chi connectivity index (χ0v) is 8.89. The van der Waals surface area contributed by atoms with Crippen LogP contribution in [0.25, 0.3) is 11.5 Å². The molecule has 3 nitrogen and oxygen atoms in total. The van der Waals surface area contributed by atoms with E-state index in [4.69, 9.17) is 4.42 Å². The Morgan fingerprint density at radius 3 is 2.81 bits per heavy atom. The lowest BCUT2D eigenvalue weighted by molar-refractivity contribution is 0.151. The van der Waals surface area contributed by atoms with Gasteiger partial charge < -0.3 is 9.52 Å². The molecule has 1 saturated carbocycles. The molecule has 2 aromatic rings. The van der Waals surface area contributed by atoms with E-state index in [1.807, 2.05) is 24.3 Å². The first-order valence-corrected chi connectivity index (χ1v) is 5.47. The quantitative estimate of drug-likeness (QED) is 0.855. The van der Waals surface area contributed by atoms with Gasteiger partial charge in [0.25, 0.3) is 0 Å². The largest absolute Gasteiger partial charge is 0.445 e. The summed E-state index contributed by atoms with van der Waals surface area (Å²) in [5.74, 6) is 0.625. The minimum absolute atomic E-state index is 0.483. The van der Waals surface area contributed by atoms with Crippen molar-refractivity contribution < 1.29 is 9.52 Å². The van der Waals surface area contributed by atoms with Crippen molar-refractivity contribution in [3.05, 3.63) is 42.3 Å². The summed E-state index contributed by atoms with van der Waals surface area (Å²) in [7, 11) is 0. The van der Waals surface area contributed by atoms with Gasteiger partial charge in [0.05, 0.1) is 11.8 Å². The van der Waals surface area contributed by atoms with Crippen molar-refractivity contribution >= 4 is 0 Å². The van der Waals surface area contributed by atoms with Gasteiger partial charge in [-0.2, -0.15) is 0 Å². The molecule has 1 aliphatic rings. The Hall–Kier alpha value is -1.61. The number of hydrogen-bond donors (Lipinski definition) is 1. The first-order valence-electron chi connectivity index (χ1n) is 5.47. The minimum atomic E-state index is -0.483. The van der Waals surface area contributed by atoms with Crippen LogP contribution in [0.5, 0.6) is 0 Å². The van der Waals surface area contributed by atoms with E-state index in [-0.39, 0.29) is 0 Å². The molecule has 0 amide bonds. The Morgan fingerprint density at radius 1 is 1.31 bits per heavy atom. The van der Waals surface area contributed by atoms with Gasteiger partial charge in [-0.3, -0.25) is 0 Å². The molecular weight excluding hydrogens is 202 g/mol. The summed E-state index contributed by atoms with van der Waals surface area (Å²) in [6.07, 6.45) is 5.68. The molecule has 1 aromatic carbocycles. The Balaban J connectivity index is 1.98. The maximum atomic E-state index is 9.95. The summed E-state index contributed by atoms with van der Waals surface area (Å²) < 4.78 is 5.30. The first-order chi connectivity index (χ1) is 7.77. The molecule has 1 fully saturated rings. The van der Waals surface area contributed by atoms with Crippen LogP contribution in [0.15, 0.2) is 41.1 Å². The summed E-state index contributed by atoms with van der Waals surface area (Å²) in [4.78, 5) is 4.15. The van der Waals surface area contributed by atoms with E-state index in [0.717, 1.165) is 24.0 Å². The fraction of sp³-hybridized carbons (Fsp3) is 0.308. The molecule has 82 valence electrons. The van der Waals surface area contributed by atoms with Gasteiger partial charge in [0.1, 0.15) is 6.26 Å². The Morgan fingerprint density at radius 2 is 2.12 bits per heavy atom. The molecule has 0 unspecified atom stereocenters. The maximum Gasteiger partial charge on any atom is 0.226 e. The number of aromatic nitrogens is 1. The summed E-state index contributed by atoms with van der Waals surface area (Å²) in [6, 6.07) is 7.94. The monoisotopic (exact) mass is 215 g/mol. The van der Waals surface area contributed by atoms with E-state index in [1.165, 1.54) is 0 Å². The highest BCUT2D eigenvalue weighted by Crippen LogP contribution is 2.39. The number of aliphatic hydroxyl groups is 1. The molecule has 0 radical (unpaired) electrons. The van der Waals surface area contributed by atoms with Crippen molar-refractivity contribution in [3.8, 4) is 11.5 Å². The summed E-state index contributed by atoms with van der Waals surface area (Å²) in [5, 5.41) is 9.95. The molecule has 1 aliphatic carbocycles. The lowest BCUT2D eigenvalue weighted by atomic mass is 10.0. The second kappa shape index (κ2) is 3.46. The zero-order valence-electron chi connectivity index (χ0n) is 8.89. The van der Waals surface area contributed by atoms with Crippen molar-refractivity contribution in [2.75, 3.05) is 0 Å². The van der Waals surface area contributed by atoms with Crippen molar-refractivity contribution in [1.29, 1.82) is 0 Å². The summed E-state index contributed by atoms with van der Waals surface area (Å²) >= 11 is 0. The third-order valence-corrected chi connectivity index (χ3v) is 3.03. The van der Waals surface area contributed by atoms with Crippen molar-refractivity contribution in [3.63, 3.8) is 0 Å². The van der Waals surface area contributed by atoms with Crippen LogP contribution in [-0.2, 0) is 6.42 Å². The third kappa shape index (κ3) is 1.74. The standard InChI is InChI=1S/C13H13NO2/c15-13(5-6-13)9-10-3-1-2-4-11(10)12-14-7-8-16-12/h1-4,7-8,15H,5-6,9H2. The minimum Gasteiger partial charge on any atom is -0.445 e. The van der Waals surface area contributed by atoms with Crippen LogP contribution < -0.4 is 0 Å². The highest BCUT2D eigenvalue weighted by molar-refractivity contribution is 5.58. The van der Waals surface area contributed by atoms with Crippen molar-refractivity contribution in [1.82, 2.24) is 4.98 Å². The van der Waals surface area contributed by atoms with Gasteiger partial charge >= 0.3 is 0 Å². The topological polar surface area (TPSA) is 46.3 Å². The highest BCUT2D eigenvalue weighted by Gasteiger charge is 2.40. The molecule has 0 bridgehead atoms. The molecular formula is C13H13NO2. The van der Waals surface area contributed by atoms with Crippen LogP contribution in [0, 0.1) is 0 Å². The molecule has 0 atom stereocenters. The number of rotatable bonds is 3. The summed E-state index contributed by atoms with van der Waals surface area (Å²) in [6.45, 7) is 0. The molecule has 3 heteroatoms. The zero-order chi connectivity index (χ0) is 11.0. The Labute approximate surface area is 93.8 Å². The van der Waals surface area contributed by atoms with Crippen LogP contribution in [-0.4, -0.2) is 15.7 Å². The number of benzene rings is 1. The number of oxazole rings is 1. The molecule has 16 heavy (non-hydrogen) atoms. The SMILES string of the molecule is OC1(Cc2ccccc2-c2ncco2)CC1.